The Morgan fingerprint density at radius 1 is 1.45 bits per heavy atom. The molecule has 0 heterocycles. The first-order valence-corrected chi connectivity index (χ1v) is 4.17. The standard InChI is InChI=1S/C10H17B/c1-5-7-8-9(3)10(4)11-6-2/h5,7-8,11H,1,6H2,2-4H3/b8-7-,10-9+. The van der Waals surface area contributed by atoms with Crippen LogP contribution >= 0.6 is 0 Å². The Bertz CT molecular complexity index is 175. The summed E-state index contributed by atoms with van der Waals surface area (Å²) in [5, 5.41) is 0. The fourth-order valence-corrected chi connectivity index (χ4v) is 0.927. The van der Waals surface area contributed by atoms with Crippen molar-refractivity contribution in [2.24, 2.45) is 0 Å². The van der Waals surface area contributed by atoms with Gasteiger partial charge in [0.2, 0.25) is 0 Å². The summed E-state index contributed by atoms with van der Waals surface area (Å²) in [5.41, 5.74) is 2.84. The van der Waals surface area contributed by atoms with Gasteiger partial charge in [0.25, 0.3) is 0 Å². The minimum atomic E-state index is 1.20. The van der Waals surface area contributed by atoms with Crippen molar-refractivity contribution in [1.29, 1.82) is 0 Å². The molecule has 0 spiro atoms. The van der Waals surface area contributed by atoms with Crippen LogP contribution in [0.4, 0.5) is 0 Å². The predicted molar refractivity (Wildman–Crippen MR) is 55.3 cm³/mol. The van der Waals surface area contributed by atoms with Crippen molar-refractivity contribution in [2.45, 2.75) is 27.1 Å². The van der Waals surface area contributed by atoms with E-state index in [-0.39, 0.29) is 0 Å². The van der Waals surface area contributed by atoms with Gasteiger partial charge in [-0.1, -0.05) is 50.5 Å². The highest BCUT2D eigenvalue weighted by atomic mass is 13.9. The average Bonchev–Trinajstić information content (AvgIpc) is 2.00. The van der Waals surface area contributed by atoms with Gasteiger partial charge in [0.15, 0.2) is 7.28 Å². The molecule has 0 N–H and O–H groups in total. The number of hydrogen-bond acceptors (Lipinski definition) is 0. The third-order valence-electron chi connectivity index (χ3n) is 1.78. The normalized spacial score (nSPS) is 13.0. The predicted octanol–water partition coefficient (Wildman–Crippen LogP) is 2.90. The molecule has 0 bridgehead atoms. The summed E-state index contributed by atoms with van der Waals surface area (Å²) >= 11 is 0. The van der Waals surface area contributed by atoms with Crippen molar-refractivity contribution in [1.82, 2.24) is 0 Å². The van der Waals surface area contributed by atoms with E-state index in [2.05, 4.69) is 33.4 Å². The summed E-state index contributed by atoms with van der Waals surface area (Å²) in [6.45, 7) is 10.2. The van der Waals surface area contributed by atoms with Gasteiger partial charge in [0.1, 0.15) is 0 Å². The quantitative estimate of drug-likeness (QED) is 0.424. The Kier molecular flexibility index (Phi) is 5.63. The first-order valence-electron chi connectivity index (χ1n) is 4.17. The van der Waals surface area contributed by atoms with Crippen molar-refractivity contribution in [2.75, 3.05) is 0 Å². The van der Waals surface area contributed by atoms with Crippen LogP contribution in [0.3, 0.4) is 0 Å². The van der Waals surface area contributed by atoms with Gasteiger partial charge in [0.05, 0.1) is 0 Å². The van der Waals surface area contributed by atoms with Crippen LogP contribution < -0.4 is 0 Å². The van der Waals surface area contributed by atoms with Crippen LogP contribution in [0.5, 0.6) is 0 Å². The molecule has 0 aliphatic heterocycles. The maximum atomic E-state index is 3.63. The first-order chi connectivity index (χ1) is 5.22. The van der Waals surface area contributed by atoms with E-state index in [0.29, 0.717) is 0 Å². The number of allylic oxidation sites excluding steroid dienone is 5. The molecule has 0 saturated carbocycles. The summed E-state index contributed by atoms with van der Waals surface area (Å²) in [6.07, 6.45) is 7.13. The maximum Gasteiger partial charge on any atom is 0.152 e. The van der Waals surface area contributed by atoms with Gasteiger partial charge in [-0.05, 0) is 6.92 Å². The second-order valence-electron chi connectivity index (χ2n) is 2.81. The van der Waals surface area contributed by atoms with E-state index in [4.69, 9.17) is 0 Å². The molecule has 0 aliphatic carbocycles. The Morgan fingerprint density at radius 3 is 2.55 bits per heavy atom. The van der Waals surface area contributed by atoms with Gasteiger partial charge in [-0.15, -0.1) is 5.47 Å². The molecule has 0 fully saturated rings. The third kappa shape index (κ3) is 4.66. The molecule has 1 heteroatoms. The monoisotopic (exact) mass is 148 g/mol. The minimum absolute atomic E-state index is 1.20. The summed E-state index contributed by atoms with van der Waals surface area (Å²) in [5.74, 6) is 0. The molecule has 0 unspecified atom stereocenters. The fraction of sp³-hybridized carbons (Fsp3) is 0.400. The molecular weight excluding hydrogens is 131 g/mol. The van der Waals surface area contributed by atoms with Gasteiger partial charge in [0, 0.05) is 0 Å². The SMILES string of the molecule is C=C/C=C\C(C)=C(/C)BCC. The molecule has 0 aromatic heterocycles. The second kappa shape index (κ2) is 6.02. The first kappa shape index (κ1) is 10.3. The molecule has 0 saturated heterocycles. The Balaban J connectivity index is 4.14. The van der Waals surface area contributed by atoms with Crippen molar-refractivity contribution >= 4 is 7.28 Å². The van der Waals surface area contributed by atoms with E-state index in [1.807, 2.05) is 12.2 Å². The van der Waals surface area contributed by atoms with Crippen molar-refractivity contribution in [3.05, 3.63) is 35.9 Å². The maximum absolute atomic E-state index is 3.63. The van der Waals surface area contributed by atoms with Crippen LogP contribution in [0, 0.1) is 0 Å². The van der Waals surface area contributed by atoms with E-state index < -0.39 is 0 Å². The van der Waals surface area contributed by atoms with Crippen molar-refractivity contribution in [3.63, 3.8) is 0 Å². The minimum Gasteiger partial charge on any atom is -0.106 e. The molecule has 0 aromatic rings. The van der Waals surface area contributed by atoms with E-state index in [9.17, 15) is 0 Å². The topological polar surface area (TPSA) is 0 Å². The molecule has 0 aromatic carbocycles. The summed E-state index contributed by atoms with van der Waals surface area (Å²) in [7, 11) is 1.20. The van der Waals surface area contributed by atoms with Gasteiger partial charge < -0.3 is 0 Å². The molecule has 0 amide bonds. The number of rotatable bonds is 4. The second-order valence-corrected chi connectivity index (χ2v) is 2.81. The number of hydrogen-bond donors (Lipinski definition) is 0. The molecule has 11 heavy (non-hydrogen) atoms. The van der Waals surface area contributed by atoms with E-state index in [0.717, 1.165) is 0 Å². The zero-order valence-electron chi connectivity index (χ0n) is 7.85. The van der Waals surface area contributed by atoms with Crippen molar-refractivity contribution < 1.29 is 0 Å². The smallest absolute Gasteiger partial charge is 0.106 e. The molecule has 0 atom stereocenters. The van der Waals surface area contributed by atoms with E-state index >= 15 is 0 Å². The molecule has 0 nitrogen and oxygen atoms in total. The van der Waals surface area contributed by atoms with Crippen LogP contribution in [0.25, 0.3) is 0 Å². The molecule has 0 radical (unpaired) electrons. The highest BCUT2D eigenvalue weighted by Gasteiger charge is 1.92. The van der Waals surface area contributed by atoms with Crippen LogP contribution in [-0.4, -0.2) is 7.28 Å². The van der Waals surface area contributed by atoms with Gasteiger partial charge in [-0.25, -0.2) is 0 Å². The van der Waals surface area contributed by atoms with Crippen LogP contribution in [-0.2, 0) is 0 Å². The zero-order valence-corrected chi connectivity index (χ0v) is 7.85. The largest absolute Gasteiger partial charge is 0.152 e. The molecular formula is C10H17B. The summed E-state index contributed by atoms with van der Waals surface area (Å²) in [6, 6.07) is 0. The molecule has 0 rings (SSSR count). The Labute approximate surface area is 70.9 Å². The van der Waals surface area contributed by atoms with Gasteiger partial charge in [-0.3, -0.25) is 0 Å². The fourth-order valence-electron chi connectivity index (χ4n) is 0.927. The Morgan fingerprint density at radius 2 is 2.09 bits per heavy atom. The Hall–Kier alpha value is -0.715. The zero-order chi connectivity index (χ0) is 8.69. The van der Waals surface area contributed by atoms with Gasteiger partial charge >= 0.3 is 0 Å². The lowest BCUT2D eigenvalue weighted by Crippen LogP contribution is -1.91. The van der Waals surface area contributed by atoms with Crippen molar-refractivity contribution in [3.8, 4) is 0 Å². The lowest BCUT2D eigenvalue weighted by molar-refractivity contribution is 1.38. The summed E-state index contributed by atoms with van der Waals surface area (Å²) in [4.78, 5) is 0. The van der Waals surface area contributed by atoms with Crippen LogP contribution in [0.1, 0.15) is 20.8 Å². The van der Waals surface area contributed by atoms with Crippen LogP contribution in [0.2, 0.25) is 6.32 Å². The van der Waals surface area contributed by atoms with Crippen LogP contribution in [0.15, 0.2) is 35.9 Å². The third-order valence-corrected chi connectivity index (χ3v) is 1.78. The summed E-state index contributed by atoms with van der Waals surface area (Å²) < 4.78 is 0. The van der Waals surface area contributed by atoms with E-state index in [1.54, 1.807) is 0 Å². The molecule has 60 valence electrons. The highest BCUT2D eigenvalue weighted by molar-refractivity contribution is 6.45. The lowest BCUT2D eigenvalue weighted by atomic mass is 9.66. The molecule has 0 aliphatic rings. The van der Waals surface area contributed by atoms with Gasteiger partial charge in [-0.2, -0.15) is 0 Å². The highest BCUT2D eigenvalue weighted by Crippen LogP contribution is 2.04. The average molecular weight is 148 g/mol. The van der Waals surface area contributed by atoms with E-state index in [1.165, 1.54) is 24.6 Å². The lowest BCUT2D eigenvalue weighted by Gasteiger charge is -1.98.